The van der Waals surface area contributed by atoms with E-state index in [4.69, 9.17) is 9.47 Å². The summed E-state index contributed by atoms with van der Waals surface area (Å²) in [5, 5.41) is 13.8. The van der Waals surface area contributed by atoms with Crippen LogP contribution in [0.4, 0.5) is 5.69 Å². The number of hydrogen-bond acceptors (Lipinski definition) is 6. The van der Waals surface area contributed by atoms with Crippen LogP contribution in [0.2, 0.25) is 0 Å². The Kier molecular flexibility index (Phi) is 4.74. The highest BCUT2D eigenvalue weighted by Crippen LogP contribution is 2.42. The molecule has 0 saturated carbocycles. The van der Waals surface area contributed by atoms with E-state index in [-0.39, 0.29) is 0 Å². The predicted octanol–water partition coefficient (Wildman–Crippen LogP) is 3.78. The van der Waals surface area contributed by atoms with Crippen molar-refractivity contribution in [3.8, 4) is 17.6 Å². The summed E-state index contributed by atoms with van der Waals surface area (Å²) >= 11 is 0. The van der Waals surface area contributed by atoms with Gasteiger partial charge in [0.25, 0.3) is 0 Å². The Hall–Kier alpha value is -3.33. The number of nitriles is 1. The molecule has 2 aliphatic heterocycles. The molecule has 6 nitrogen and oxygen atoms in total. The van der Waals surface area contributed by atoms with Gasteiger partial charge in [-0.2, -0.15) is 10.4 Å². The van der Waals surface area contributed by atoms with E-state index < -0.39 is 0 Å². The van der Waals surface area contributed by atoms with Crippen molar-refractivity contribution < 1.29 is 9.47 Å². The summed E-state index contributed by atoms with van der Waals surface area (Å²) < 4.78 is 11.6. The van der Waals surface area contributed by atoms with Gasteiger partial charge in [-0.05, 0) is 57.0 Å². The number of ether oxygens (including phenoxy) is 2. The third kappa shape index (κ3) is 2.99. The van der Waals surface area contributed by atoms with Crippen LogP contribution < -0.4 is 20.0 Å². The highest BCUT2D eigenvalue weighted by Gasteiger charge is 2.36. The van der Waals surface area contributed by atoms with Crippen LogP contribution in [0.1, 0.15) is 30.5 Å². The number of benzene rings is 2. The molecule has 2 aliphatic rings. The zero-order valence-electron chi connectivity index (χ0n) is 16.5. The van der Waals surface area contributed by atoms with Crippen molar-refractivity contribution in [1.29, 1.82) is 5.26 Å². The van der Waals surface area contributed by atoms with Crippen molar-refractivity contribution in [3.63, 3.8) is 0 Å². The smallest absolute Gasteiger partial charge is 0.161 e. The summed E-state index contributed by atoms with van der Waals surface area (Å²) in [6.07, 6.45) is 0.855. The summed E-state index contributed by atoms with van der Waals surface area (Å²) in [6, 6.07) is 14.6. The van der Waals surface area contributed by atoms with Crippen LogP contribution in [0, 0.1) is 18.3 Å². The second-order valence-electron chi connectivity index (χ2n) is 6.79. The van der Waals surface area contributed by atoms with E-state index in [9.17, 15) is 5.26 Å². The molecular formula is C22H24N4O2. The average Bonchev–Trinajstić information content (AvgIpc) is 3.09. The van der Waals surface area contributed by atoms with Crippen molar-refractivity contribution in [2.24, 2.45) is 0 Å². The molecule has 1 N–H and O–H groups in total. The Labute approximate surface area is 165 Å². The number of aryl methyl sites for hydroxylation is 1. The van der Waals surface area contributed by atoms with Gasteiger partial charge in [-0.3, -0.25) is 10.4 Å². The summed E-state index contributed by atoms with van der Waals surface area (Å²) in [4.78, 5) is 0. The lowest BCUT2D eigenvalue weighted by atomic mass is 9.96. The van der Waals surface area contributed by atoms with E-state index in [2.05, 4.69) is 53.8 Å². The maximum Gasteiger partial charge on any atom is 0.161 e. The monoisotopic (exact) mass is 376 g/mol. The molecular weight excluding hydrogens is 352 g/mol. The van der Waals surface area contributed by atoms with Gasteiger partial charge in [-0.25, -0.2) is 0 Å². The molecule has 0 amide bonds. The third-order valence-electron chi connectivity index (χ3n) is 4.96. The first-order valence-corrected chi connectivity index (χ1v) is 9.64. The number of nitrogens with zero attached hydrogens (tertiary/aromatic N) is 3. The van der Waals surface area contributed by atoms with Gasteiger partial charge >= 0.3 is 0 Å². The topological polar surface area (TPSA) is 60.8 Å². The standard InChI is InChI=1S/C22H24N4O2/c1-4-27-20-12-16-10-11-25-22(18(16)13-21(20)28-5-2)19(14-23)24-26(25)17-8-6-15(3)7-9-17/h6-9,12-13,24H,4-5,10-11H2,1-3H3. The minimum atomic E-state index is 0.535. The second-order valence-corrected chi connectivity index (χ2v) is 6.79. The molecule has 0 aromatic heterocycles. The molecule has 144 valence electrons. The first-order valence-electron chi connectivity index (χ1n) is 9.64. The molecule has 2 aromatic carbocycles. The second kappa shape index (κ2) is 7.35. The fourth-order valence-corrected chi connectivity index (χ4v) is 3.69. The zero-order valence-corrected chi connectivity index (χ0v) is 16.5. The molecule has 0 atom stereocenters. The third-order valence-corrected chi connectivity index (χ3v) is 4.96. The van der Waals surface area contributed by atoms with E-state index in [1.807, 2.05) is 25.0 Å². The van der Waals surface area contributed by atoms with Gasteiger partial charge in [0.2, 0.25) is 0 Å². The molecule has 0 aliphatic carbocycles. The molecule has 0 radical (unpaired) electrons. The lowest BCUT2D eigenvalue weighted by molar-refractivity contribution is 0.286. The van der Waals surface area contributed by atoms with Gasteiger partial charge in [0.15, 0.2) is 17.2 Å². The predicted molar refractivity (Wildman–Crippen MR) is 109 cm³/mol. The van der Waals surface area contributed by atoms with Gasteiger partial charge < -0.3 is 9.47 Å². The van der Waals surface area contributed by atoms with Crippen molar-refractivity contribution in [2.75, 3.05) is 24.9 Å². The van der Waals surface area contributed by atoms with Gasteiger partial charge in [0.05, 0.1) is 18.9 Å². The van der Waals surface area contributed by atoms with Crippen molar-refractivity contribution in [2.45, 2.75) is 27.2 Å². The van der Waals surface area contributed by atoms with Crippen LogP contribution in [0.15, 0.2) is 42.1 Å². The van der Waals surface area contributed by atoms with E-state index in [1.165, 1.54) is 11.1 Å². The van der Waals surface area contributed by atoms with Crippen molar-refractivity contribution in [3.05, 3.63) is 58.8 Å². The van der Waals surface area contributed by atoms with Crippen LogP contribution in [-0.2, 0) is 6.42 Å². The molecule has 0 fully saturated rings. The van der Waals surface area contributed by atoms with Gasteiger partial charge in [-0.1, -0.05) is 17.7 Å². The van der Waals surface area contributed by atoms with Crippen LogP contribution in [-0.4, -0.2) is 24.8 Å². The van der Waals surface area contributed by atoms with Gasteiger partial charge in [-0.15, -0.1) is 0 Å². The Morgan fingerprint density at radius 1 is 1.07 bits per heavy atom. The molecule has 6 heteroatoms. The SMILES string of the molecule is CCOc1cc2c(cc1OCC)C1=C(C#N)NN(c3ccc(C)cc3)N1CC2. The largest absolute Gasteiger partial charge is 0.490 e. The molecule has 0 saturated heterocycles. The van der Waals surface area contributed by atoms with E-state index >= 15 is 0 Å². The fourth-order valence-electron chi connectivity index (χ4n) is 3.69. The van der Waals surface area contributed by atoms with E-state index in [1.54, 1.807) is 0 Å². The highest BCUT2D eigenvalue weighted by molar-refractivity contribution is 5.79. The molecule has 0 unspecified atom stereocenters. The van der Waals surface area contributed by atoms with Crippen molar-refractivity contribution in [1.82, 2.24) is 10.4 Å². The highest BCUT2D eigenvalue weighted by atomic mass is 16.5. The quantitative estimate of drug-likeness (QED) is 0.857. The van der Waals surface area contributed by atoms with Crippen LogP contribution in [0.5, 0.6) is 11.5 Å². The van der Waals surface area contributed by atoms with Crippen LogP contribution >= 0.6 is 0 Å². The Morgan fingerprint density at radius 3 is 2.39 bits per heavy atom. The Balaban J connectivity index is 1.77. The average molecular weight is 376 g/mol. The van der Waals surface area contributed by atoms with E-state index in [0.717, 1.165) is 35.7 Å². The number of hydrazine groups is 2. The summed E-state index contributed by atoms with van der Waals surface area (Å²) in [5.41, 5.74) is 9.04. The number of fused-ring (bicyclic) bond motifs is 3. The normalized spacial score (nSPS) is 14.9. The minimum absolute atomic E-state index is 0.535. The zero-order chi connectivity index (χ0) is 19.7. The van der Waals surface area contributed by atoms with Crippen LogP contribution in [0.25, 0.3) is 5.70 Å². The maximum absolute atomic E-state index is 9.77. The maximum atomic E-state index is 9.77. The number of hydrogen-bond donors (Lipinski definition) is 1. The molecule has 4 rings (SSSR count). The van der Waals surface area contributed by atoms with Crippen molar-refractivity contribution >= 4 is 11.4 Å². The van der Waals surface area contributed by atoms with Gasteiger partial charge in [0.1, 0.15) is 11.8 Å². The van der Waals surface area contributed by atoms with E-state index in [0.29, 0.717) is 24.7 Å². The summed E-state index contributed by atoms with van der Waals surface area (Å²) in [5.74, 6) is 1.47. The first-order chi connectivity index (χ1) is 13.7. The fraction of sp³-hybridized carbons (Fsp3) is 0.318. The molecule has 0 bridgehead atoms. The molecule has 0 spiro atoms. The molecule has 2 aromatic rings. The number of allylic oxidation sites excluding steroid dienone is 1. The first kappa shape index (κ1) is 18.1. The number of anilines is 1. The number of nitrogens with one attached hydrogen (secondary N) is 1. The molecule has 28 heavy (non-hydrogen) atoms. The molecule has 2 heterocycles. The van der Waals surface area contributed by atoms with Crippen LogP contribution in [0.3, 0.4) is 0 Å². The Bertz CT molecular complexity index is 960. The Morgan fingerprint density at radius 2 is 1.75 bits per heavy atom. The number of rotatable bonds is 5. The lowest BCUT2D eigenvalue weighted by Crippen LogP contribution is -2.45. The lowest BCUT2D eigenvalue weighted by Gasteiger charge is -2.36. The summed E-state index contributed by atoms with van der Waals surface area (Å²) in [7, 11) is 0. The van der Waals surface area contributed by atoms with Gasteiger partial charge in [0, 0.05) is 12.1 Å². The summed E-state index contributed by atoms with van der Waals surface area (Å²) in [6.45, 7) is 7.90. The minimum Gasteiger partial charge on any atom is -0.490 e.